The van der Waals surface area contributed by atoms with Gasteiger partial charge in [-0.2, -0.15) is 8.78 Å². The van der Waals surface area contributed by atoms with Crippen LogP contribution in [-0.4, -0.2) is 12.7 Å². The number of benzene rings is 2. The van der Waals surface area contributed by atoms with Crippen molar-refractivity contribution in [2.75, 3.05) is 6.61 Å². The monoisotopic (exact) mass is 518 g/mol. The van der Waals surface area contributed by atoms with Gasteiger partial charge >= 0.3 is 6.11 Å². The molecule has 2 aliphatic rings. The maximum absolute atomic E-state index is 14.8. The maximum atomic E-state index is 14.8. The summed E-state index contributed by atoms with van der Waals surface area (Å²) in [5.74, 6) is -8.70. The third-order valence-corrected chi connectivity index (χ3v) is 7.70. The average Bonchev–Trinajstić information content (AvgIpc) is 2.85. The number of hydrogen-bond donors (Lipinski definition) is 0. The van der Waals surface area contributed by atoms with E-state index >= 15 is 0 Å². The van der Waals surface area contributed by atoms with Crippen LogP contribution in [0.2, 0.25) is 0 Å². The maximum Gasteiger partial charge on any atom is 0.432 e. The largest absolute Gasteiger partial charge is 0.432 e. The molecular weight excluding hydrogens is 489 g/mol. The molecule has 36 heavy (non-hydrogen) atoms. The summed E-state index contributed by atoms with van der Waals surface area (Å²) >= 11 is 0. The summed E-state index contributed by atoms with van der Waals surface area (Å²) in [7, 11) is 0. The Morgan fingerprint density at radius 2 is 1.50 bits per heavy atom. The fraction of sp³-hybridized carbons (Fsp3) is 0.556. The Kier molecular flexibility index (Phi) is 7.88. The van der Waals surface area contributed by atoms with Gasteiger partial charge in [-0.1, -0.05) is 13.3 Å². The van der Waals surface area contributed by atoms with Crippen LogP contribution in [0.4, 0.5) is 30.7 Å². The molecule has 1 aliphatic carbocycles. The van der Waals surface area contributed by atoms with Crippen LogP contribution in [0.5, 0.6) is 5.75 Å². The zero-order chi connectivity index (χ0) is 26.2. The number of hydrogen-bond acceptors (Lipinski definition) is 2. The van der Waals surface area contributed by atoms with E-state index < -0.39 is 52.1 Å². The SMILES string of the molecule is CCC1CCC(C2CCC(c3cc(F)c(C(F)(F)Oc4cc(F)c(F)c(F)c4C)c(F)c3)CC2)OC1. The van der Waals surface area contributed by atoms with Crippen LogP contribution < -0.4 is 4.74 Å². The van der Waals surface area contributed by atoms with E-state index in [1.165, 1.54) is 0 Å². The standard InChI is InChI=1S/C27H29F7O2/c1-3-15-4-9-22(35-13-15)17-7-5-16(6-8-17)18-10-19(28)24(20(29)11-18)27(33,34)36-23-12-21(30)26(32)25(31)14(23)2/h10-12,15-17,22H,3-9,13H2,1-2H3. The first kappa shape index (κ1) is 26.8. The van der Waals surface area contributed by atoms with Gasteiger partial charge < -0.3 is 9.47 Å². The van der Waals surface area contributed by atoms with Crippen molar-refractivity contribution in [3.8, 4) is 5.75 Å². The molecule has 0 bridgehead atoms. The van der Waals surface area contributed by atoms with Gasteiger partial charge in [0, 0.05) is 18.2 Å². The van der Waals surface area contributed by atoms with Crippen molar-refractivity contribution in [2.45, 2.75) is 76.9 Å². The van der Waals surface area contributed by atoms with Gasteiger partial charge in [0.05, 0.1) is 6.10 Å². The molecule has 0 spiro atoms. The van der Waals surface area contributed by atoms with E-state index in [1.54, 1.807) is 0 Å². The Morgan fingerprint density at radius 3 is 2.06 bits per heavy atom. The highest BCUT2D eigenvalue weighted by atomic mass is 19.3. The molecular formula is C27H29F7O2. The van der Waals surface area contributed by atoms with Gasteiger partial charge in [0.1, 0.15) is 22.9 Å². The lowest BCUT2D eigenvalue weighted by Crippen LogP contribution is -2.33. The van der Waals surface area contributed by atoms with Crippen LogP contribution in [0.15, 0.2) is 18.2 Å². The molecule has 2 unspecified atom stereocenters. The summed E-state index contributed by atoms with van der Waals surface area (Å²) in [4.78, 5) is 0. The van der Waals surface area contributed by atoms with Crippen molar-refractivity contribution in [1.82, 2.24) is 0 Å². The van der Waals surface area contributed by atoms with Crippen LogP contribution in [0.25, 0.3) is 0 Å². The van der Waals surface area contributed by atoms with Crippen molar-refractivity contribution < 1.29 is 40.2 Å². The highest BCUT2D eigenvalue weighted by Gasteiger charge is 2.42. The predicted molar refractivity (Wildman–Crippen MR) is 119 cm³/mol. The van der Waals surface area contributed by atoms with Gasteiger partial charge in [-0.15, -0.1) is 0 Å². The molecule has 4 rings (SSSR count). The van der Waals surface area contributed by atoms with Crippen LogP contribution in [-0.2, 0) is 10.8 Å². The van der Waals surface area contributed by atoms with Gasteiger partial charge in [-0.3, -0.25) is 0 Å². The van der Waals surface area contributed by atoms with Crippen LogP contribution in [0.1, 0.15) is 74.5 Å². The second kappa shape index (κ2) is 10.6. The topological polar surface area (TPSA) is 18.5 Å². The molecule has 1 saturated carbocycles. The minimum atomic E-state index is -4.60. The summed E-state index contributed by atoms with van der Waals surface area (Å²) in [6.07, 6.45) is 1.75. The summed E-state index contributed by atoms with van der Waals surface area (Å²) in [6.45, 7) is 3.79. The number of halogens is 7. The van der Waals surface area contributed by atoms with E-state index in [0.717, 1.165) is 57.8 Å². The summed E-state index contributed by atoms with van der Waals surface area (Å²) < 4.78 is 110. The van der Waals surface area contributed by atoms with E-state index in [-0.39, 0.29) is 23.7 Å². The molecule has 2 aromatic carbocycles. The molecule has 198 valence electrons. The molecule has 0 aromatic heterocycles. The molecule has 2 nitrogen and oxygen atoms in total. The summed E-state index contributed by atoms with van der Waals surface area (Å²) in [5.41, 5.74) is -2.16. The normalized spacial score (nSPS) is 25.1. The lowest BCUT2D eigenvalue weighted by atomic mass is 9.75. The van der Waals surface area contributed by atoms with Crippen molar-refractivity contribution in [2.24, 2.45) is 11.8 Å². The van der Waals surface area contributed by atoms with Crippen LogP contribution in [0.3, 0.4) is 0 Å². The zero-order valence-electron chi connectivity index (χ0n) is 20.2. The third-order valence-electron chi connectivity index (χ3n) is 7.70. The Labute approximate surface area is 205 Å². The highest BCUT2D eigenvalue weighted by Crippen LogP contribution is 2.43. The minimum absolute atomic E-state index is 0.185. The number of rotatable bonds is 6. The van der Waals surface area contributed by atoms with Crippen LogP contribution >= 0.6 is 0 Å². The molecule has 2 atom stereocenters. The van der Waals surface area contributed by atoms with Crippen molar-refractivity contribution in [3.05, 3.63) is 64.0 Å². The van der Waals surface area contributed by atoms with Gasteiger partial charge in [-0.25, -0.2) is 22.0 Å². The quantitative estimate of drug-likeness (QED) is 0.283. The summed E-state index contributed by atoms with van der Waals surface area (Å²) in [6, 6.07) is 1.94. The smallest absolute Gasteiger partial charge is 0.428 e. The molecule has 2 aromatic rings. The van der Waals surface area contributed by atoms with Gasteiger partial charge in [0.25, 0.3) is 0 Å². The molecule has 0 amide bonds. The van der Waals surface area contributed by atoms with Gasteiger partial charge in [0.2, 0.25) is 0 Å². The number of alkyl halides is 2. The lowest BCUT2D eigenvalue weighted by Gasteiger charge is -2.38. The Hall–Kier alpha value is -2.29. The van der Waals surface area contributed by atoms with Crippen molar-refractivity contribution >= 4 is 0 Å². The molecule has 0 radical (unpaired) electrons. The first-order valence-corrected chi connectivity index (χ1v) is 12.3. The Bertz CT molecular complexity index is 1070. The molecule has 1 saturated heterocycles. The van der Waals surface area contributed by atoms with E-state index in [9.17, 15) is 30.7 Å². The van der Waals surface area contributed by atoms with Crippen molar-refractivity contribution in [3.63, 3.8) is 0 Å². The fourth-order valence-corrected chi connectivity index (χ4v) is 5.41. The third kappa shape index (κ3) is 5.36. The molecule has 1 heterocycles. The highest BCUT2D eigenvalue weighted by molar-refractivity contribution is 5.37. The molecule has 2 fully saturated rings. The van der Waals surface area contributed by atoms with Gasteiger partial charge in [-0.05, 0) is 80.9 Å². The lowest BCUT2D eigenvalue weighted by molar-refractivity contribution is -0.190. The Morgan fingerprint density at radius 1 is 0.861 bits per heavy atom. The van der Waals surface area contributed by atoms with Gasteiger partial charge in [0.15, 0.2) is 17.5 Å². The van der Waals surface area contributed by atoms with Crippen LogP contribution in [0, 0.1) is 47.8 Å². The molecule has 0 N–H and O–H groups in total. The van der Waals surface area contributed by atoms with E-state index in [1.807, 2.05) is 0 Å². The first-order valence-electron chi connectivity index (χ1n) is 12.3. The van der Waals surface area contributed by atoms with E-state index in [0.29, 0.717) is 24.7 Å². The average molecular weight is 519 g/mol. The zero-order valence-corrected chi connectivity index (χ0v) is 20.2. The summed E-state index contributed by atoms with van der Waals surface area (Å²) in [5, 5.41) is 0. The van der Waals surface area contributed by atoms with E-state index in [4.69, 9.17) is 4.74 Å². The van der Waals surface area contributed by atoms with E-state index in [2.05, 4.69) is 11.7 Å². The predicted octanol–water partition coefficient (Wildman–Crippen LogP) is 8.30. The number of ether oxygens (including phenoxy) is 2. The first-order chi connectivity index (χ1) is 17.0. The molecule has 9 heteroatoms. The second-order valence-corrected chi connectivity index (χ2v) is 9.92. The minimum Gasteiger partial charge on any atom is -0.428 e. The second-order valence-electron chi connectivity index (χ2n) is 9.92. The Balaban J connectivity index is 1.47. The van der Waals surface area contributed by atoms with Crippen molar-refractivity contribution in [1.29, 1.82) is 0 Å². The fourth-order valence-electron chi connectivity index (χ4n) is 5.41. The molecule has 1 aliphatic heterocycles.